The summed E-state index contributed by atoms with van der Waals surface area (Å²) in [5, 5.41) is 0.755. The number of aromatic amines is 1. The van der Waals surface area contributed by atoms with E-state index in [-0.39, 0.29) is 23.5 Å². The Morgan fingerprint density at radius 3 is 2.15 bits per heavy atom. The number of benzene rings is 3. The zero-order chi connectivity index (χ0) is 23.4. The maximum Gasteiger partial charge on any atom is 0.252 e. The Bertz CT molecular complexity index is 1420. The lowest BCUT2D eigenvalue weighted by atomic mass is 10.1. The van der Waals surface area contributed by atoms with Crippen molar-refractivity contribution in [1.29, 1.82) is 0 Å². The van der Waals surface area contributed by atoms with Crippen LogP contribution in [-0.4, -0.2) is 31.9 Å². The maximum absolute atomic E-state index is 13.5. The fraction of sp³-hybridized carbons (Fsp3) is 0.160. The molecule has 0 saturated heterocycles. The second-order valence-electron chi connectivity index (χ2n) is 7.51. The number of rotatable bonds is 8. The third-order valence-corrected chi connectivity index (χ3v) is 7.18. The third-order valence-electron chi connectivity index (χ3n) is 5.37. The van der Waals surface area contributed by atoms with Gasteiger partial charge in [0.15, 0.2) is 0 Å². The van der Waals surface area contributed by atoms with E-state index in [9.17, 15) is 13.2 Å². The fourth-order valence-corrected chi connectivity index (χ4v) is 4.99. The Labute approximate surface area is 192 Å². The average molecular weight is 465 g/mol. The van der Waals surface area contributed by atoms with Crippen molar-refractivity contribution in [3.05, 3.63) is 100 Å². The van der Waals surface area contributed by atoms with Crippen LogP contribution in [0.5, 0.6) is 11.5 Å². The van der Waals surface area contributed by atoms with Crippen molar-refractivity contribution in [2.24, 2.45) is 0 Å². The number of fused-ring (bicyclic) bond motifs is 1. The lowest BCUT2D eigenvalue weighted by Crippen LogP contribution is -2.32. The van der Waals surface area contributed by atoms with Gasteiger partial charge in [0.25, 0.3) is 5.56 Å². The molecule has 0 aliphatic carbocycles. The number of nitrogens with zero attached hydrogens (tertiary/aromatic N) is 1. The molecule has 0 aliphatic rings. The van der Waals surface area contributed by atoms with Crippen molar-refractivity contribution in [2.75, 3.05) is 14.2 Å². The quantitative estimate of drug-likeness (QED) is 0.427. The standard InChI is InChI=1S/C25H24N2O5S/c1-31-21-10-8-18(9-11-21)16-27(33(29,30)23-6-4-3-5-7-23)17-20-14-19-15-22(32-2)12-13-24(19)26-25(20)28/h3-15H,16-17H2,1-2H3,(H,26,28). The topological polar surface area (TPSA) is 88.7 Å². The molecule has 0 aliphatic heterocycles. The van der Waals surface area contributed by atoms with Crippen molar-refractivity contribution >= 4 is 20.9 Å². The molecule has 0 radical (unpaired) electrons. The van der Waals surface area contributed by atoms with Crippen molar-refractivity contribution in [1.82, 2.24) is 9.29 Å². The molecule has 3 aromatic carbocycles. The molecule has 0 spiro atoms. The first kappa shape index (κ1) is 22.6. The largest absolute Gasteiger partial charge is 0.497 e. The van der Waals surface area contributed by atoms with Crippen molar-refractivity contribution in [3.63, 3.8) is 0 Å². The highest BCUT2D eigenvalue weighted by Crippen LogP contribution is 2.23. The van der Waals surface area contributed by atoms with Crippen LogP contribution in [0.2, 0.25) is 0 Å². The number of hydrogen-bond acceptors (Lipinski definition) is 5. The van der Waals surface area contributed by atoms with E-state index in [1.165, 1.54) is 4.31 Å². The number of methoxy groups -OCH3 is 2. The number of sulfonamides is 1. The summed E-state index contributed by atoms with van der Waals surface area (Å²) in [4.78, 5) is 15.8. The minimum absolute atomic E-state index is 0.0915. The van der Waals surface area contributed by atoms with E-state index < -0.39 is 10.0 Å². The van der Waals surface area contributed by atoms with Gasteiger partial charge in [-0.25, -0.2) is 8.42 Å². The normalized spacial score (nSPS) is 11.6. The summed E-state index contributed by atoms with van der Waals surface area (Å²) >= 11 is 0. The Kier molecular flexibility index (Phi) is 6.48. The van der Waals surface area contributed by atoms with Gasteiger partial charge in [-0.1, -0.05) is 30.3 Å². The molecular weight excluding hydrogens is 440 g/mol. The average Bonchev–Trinajstić information content (AvgIpc) is 2.84. The summed E-state index contributed by atoms with van der Waals surface area (Å²) in [6, 6.07) is 22.4. The van der Waals surface area contributed by atoms with E-state index in [0.717, 1.165) is 10.9 Å². The van der Waals surface area contributed by atoms with Gasteiger partial charge >= 0.3 is 0 Å². The van der Waals surface area contributed by atoms with E-state index >= 15 is 0 Å². The predicted octanol–water partition coefficient (Wildman–Crippen LogP) is 3.94. The highest BCUT2D eigenvalue weighted by Gasteiger charge is 2.26. The molecular formula is C25H24N2O5S. The van der Waals surface area contributed by atoms with Crippen LogP contribution in [-0.2, 0) is 23.1 Å². The molecule has 1 aromatic heterocycles. The first-order chi connectivity index (χ1) is 15.9. The maximum atomic E-state index is 13.5. The van der Waals surface area contributed by atoms with Crippen LogP contribution in [0, 0.1) is 0 Å². The Balaban J connectivity index is 1.75. The van der Waals surface area contributed by atoms with Gasteiger partial charge in [0, 0.05) is 29.6 Å². The summed E-state index contributed by atoms with van der Waals surface area (Å²) in [7, 11) is -0.734. The monoisotopic (exact) mass is 464 g/mol. The molecule has 0 saturated carbocycles. The van der Waals surface area contributed by atoms with Crippen LogP contribution in [0.4, 0.5) is 0 Å². The molecule has 0 atom stereocenters. The summed E-state index contributed by atoms with van der Waals surface area (Å²) in [5.41, 5.74) is 1.42. The second-order valence-corrected chi connectivity index (χ2v) is 9.45. The van der Waals surface area contributed by atoms with Gasteiger partial charge in [-0.2, -0.15) is 4.31 Å². The predicted molar refractivity (Wildman–Crippen MR) is 127 cm³/mol. The summed E-state index contributed by atoms with van der Waals surface area (Å²) in [5.74, 6) is 1.32. The van der Waals surface area contributed by atoms with Crippen LogP contribution in [0.1, 0.15) is 11.1 Å². The van der Waals surface area contributed by atoms with Crippen LogP contribution in [0.25, 0.3) is 10.9 Å². The molecule has 33 heavy (non-hydrogen) atoms. The number of nitrogens with one attached hydrogen (secondary N) is 1. The second kappa shape index (κ2) is 9.48. The number of aromatic nitrogens is 1. The van der Waals surface area contributed by atoms with E-state index in [0.29, 0.717) is 22.6 Å². The summed E-state index contributed by atoms with van der Waals surface area (Å²) in [6.45, 7) is 0.00253. The molecule has 1 N–H and O–H groups in total. The van der Waals surface area contributed by atoms with E-state index in [2.05, 4.69) is 4.98 Å². The van der Waals surface area contributed by atoms with E-state index in [1.807, 2.05) is 12.1 Å². The highest BCUT2D eigenvalue weighted by molar-refractivity contribution is 7.89. The minimum Gasteiger partial charge on any atom is -0.497 e. The lowest BCUT2D eigenvalue weighted by Gasteiger charge is -2.22. The third kappa shape index (κ3) is 4.92. The SMILES string of the molecule is COc1ccc(CN(Cc2cc3cc(OC)ccc3[nH]c2=O)S(=O)(=O)c2ccccc2)cc1. The first-order valence-electron chi connectivity index (χ1n) is 10.3. The summed E-state index contributed by atoms with van der Waals surface area (Å²) in [6.07, 6.45) is 0. The molecule has 1 heterocycles. The van der Waals surface area contributed by atoms with Crippen molar-refractivity contribution in [2.45, 2.75) is 18.0 Å². The fourth-order valence-electron chi connectivity index (χ4n) is 3.57. The Hall–Kier alpha value is -3.62. The first-order valence-corrected chi connectivity index (χ1v) is 11.7. The Morgan fingerprint density at radius 2 is 1.48 bits per heavy atom. The molecule has 4 aromatic rings. The minimum atomic E-state index is -3.87. The van der Waals surface area contributed by atoms with Gasteiger partial charge in [-0.15, -0.1) is 0 Å². The van der Waals surface area contributed by atoms with Crippen LogP contribution < -0.4 is 15.0 Å². The highest BCUT2D eigenvalue weighted by atomic mass is 32.2. The van der Waals surface area contributed by atoms with E-state index in [4.69, 9.17) is 9.47 Å². The molecule has 0 amide bonds. The molecule has 7 nitrogen and oxygen atoms in total. The molecule has 0 unspecified atom stereocenters. The van der Waals surface area contributed by atoms with Gasteiger partial charge in [-0.05, 0) is 54.1 Å². The van der Waals surface area contributed by atoms with Crippen LogP contribution in [0.3, 0.4) is 0 Å². The number of pyridine rings is 1. The van der Waals surface area contributed by atoms with Gasteiger partial charge in [0.1, 0.15) is 11.5 Å². The van der Waals surface area contributed by atoms with Gasteiger partial charge in [0.2, 0.25) is 10.0 Å². The number of H-pyrrole nitrogens is 1. The zero-order valence-electron chi connectivity index (χ0n) is 18.3. The Morgan fingerprint density at radius 1 is 0.818 bits per heavy atom. The van der Waals surface area contributed by atoms with Crippen LogP contribution >= 0.6 is 0 Å². The molecule has 4 rings (SSSR count). The number of ether oxygens (including phenoxy) is 2. The van der Waals surface area contributed by atoms with Crippen molar-refractivity contribution < 1.29 is 17.9 Å². The smallest absolute Gasteiger partial charge is 0.252 e. The summed E-state index contributed by atoms with van der Waals surface area (Å²) < 4.78 is 38.8. The molecule has 8 heteroatoms. The lowest BCUT2D eigenvalue weighted by molar-refractivity contribution is 0.398. The van der Waals surface area contributed by atoms with Gasteiger partial charge in [0.05, 0.1) is 19.1 Å². The number of hydrogen-bond donors (Lipinski definition) is 1. The van der Waals surface area contributed by atoms with Gasteiger partial charge < -0.3 is 14.5 Å². The zero-order valence-corrected chi connectivity index (χ0v) is 19.1. The molecule has 0 bridgehead atoms. The van der Waals surface area contributed by atoms with Crippen LogP contribution in [0.15, 0.2) is 88.6 Å². The van der Waals surface area contributed by atoms with Crippen molar-refractivity contribution in [3.8, 4) is 11.5 Å². The molecule has 0 fully saturated rings. The molecule has 170 valence electrons. The van der Waals surface area contributed by atoms with Gasteiger partial charge in [-0.3, -0.25) is 4.79 Å². The van der Waals surface area contributed by atoms with E-state index in [1.54, 1.807) is 80.9 Å².